The molecule has 0 spiro atoms. The molecule has 0 radical (unpaired) electrons. The summed E-state index contributed by atoms with van der Waals surface area (Å²) in [6, 6.07) is 10.7. The third-order valence-electron chi connectivity index (χ3n) is 4.15. The van der Waals surface area contributed by atoms with Crippen molar-refractivity contribution in [3.8, 4) is 29.1 Å². The van der Waals surface area contributed by atoms with E-state index in [1.165, 1.54) is 34.5 Å². The number of rotatable bonds is 8. The van der Waals surface area contributed by atoms with Gasteiger partial charge in [0.15, 0.2) is 11.5 Å². The fraction of sp³-hybridized carbons (Fsp3) is 0.238. The second kappa shape index (κ2) is 10.0. The minimum absolute atomic E-state index is 0.166. The third-order valence-corrected chi connectivity index (χ3v) is 4.15. The van der Waals surface area contributed by atoms with Crippen molar-refractivity contribution in [2.45, 2.75) is 0 Å². The number of nitriles is 1. The Hall–Kier alpha value is -3.70. The normalized spacial score (nSPS) is 10.7. The largest absolute Gasteiger partial charge is 0.495 e. The maximum atomic E-state index is 11.8. The monoisotopic (exact) mass is 397 g/mol. The molecule has 0 aliphatic rings. The van der Waals surface area contributed by atoms with Gasteiger partial charge >= 0.3 is 0 Å². The molecule has 2 aromatic carbocycles. The number of anilines is 1. The van der Waals surface area contributed by atoms with Crippen molar-refractivity contribution in [1.82, 2.24) is 0 Å². The van der Waals surface area contributed by atoms with E-state index in [2.05, 4.69) is 11.4 Å². The molecule has 0 heterocycles. The van der Waals surface area contributed by atoms with Gasteiger partial charge in [0.1, 0.15) is 5.75 Å². The molecule has 8 nitrogen and oxygen atoms in total. The fourth-order valence-corrected chi connectivity index (χ4v) is 2.81. The van der Waals surface area contributed by atoms with Crippen LogP contribution < -0.4 is 30.0 Å². The van der Waals surface area contributed by atoms with Gasteiger partial charge < -0.3 is 30.0 Å². The third kappa shape index (κ3) is 4.78. The number of methoxy groups -OCH3 is 4. The number of hydrogen-bond donors (Lipinski definition) is 2. The van der Waals surface area contributed by atoms with Crippen LogP contribution in [0.4, 0.5) is 5.69 Å². The van der Waals surface area contributed by atoms with E-state index >= 15 is 0 Å². The van der Waals surface area contributed by atoms with Crippen molar-refractivity contribution in [3.05, 3.63) is 47.5 Å². The maximum absolute atomic E-state index is 11.8. The molecule has 0 aromatic heterocycles. The number of nitrogens with zero attached hydrogens (tertiary/aromatic N) is 1. The van der Waals surface area contributed by atoms with E-state index in [4.69, 9.17) is 24.7 Å². The lowest BCUT2D eigenvalue weighted by molar-refractivity contribution is -0.114. The predicted octanol–water partition coefficient (Wildman–Crippen LogP) is 2.57. The number of ether oxygens (including phenoxy) is 4. The first kappa shape index (κ1) is 21.6. The minimum atomic E-state index is -0.362. The van der Waals surface area contributed by atoms with Crippen LogP contribution in [0.15, 0.2) is 36.4 Å². The van der Waals surface area contributed by atoms with Gasteiger partial charge in [-0.2, -0.15) is 5.26 Å². The zero-order chi connectivity index (χ0) is 21.4. The second-order valence-electron chi connectivity index (χ2n) is 5.77. The summed E-state index contributed by atoms with van der Waals surface area (Å²) in [6.07, 6.45) is 1.40. The van der Waals surface area contributed by atoms with Gasteiger partial charge in [-0.3, -0.25) is 4.79 Å². The average Bonchev–Trinajstić information content (AvgIpc) is 2.76. The molecule has 3 N–H and O–H groups in total. The zero-order valence-electron chi connectivity index (χ0n) is 16.7. The van der Waals surface area contributed by atoms with Crippen molar-refractivity contribution in [3.63, 3.8) is 0 Å². The molecule has 0 saturated carbocycles. The number of carbonyl (C=O) groups is 1. The summed E-state index contributed by atoms with van der Waals surface area (Å²) >= 11 is 0. The van der Waals surface area contributed by atoms with Crippen molar-refractivity contribution in [1.29, 1.82) is 5.26 Å². The lowest BCUT2D eigenvalue weighted by atomic mass is 9.96. The molecule has 0 aliphatic carbocycles. The molecule has 0 fully saturated rings. The summed E-state index contributed by atoms with van der Waals surface area (Å²) in [4.78, 5) is 11.8. The van der Waals surface area contributed by atoms with E-state index in [9.17, 15) is 10.1 Å². The van der Waals surface area contributed by atoms with Crippen LogP contribution >= 0.6 is 0 Å². The molecule has 1 amide bonds. The van der Waals surface area contributed by atoms with E-state index in [1.807, 2.05) is 0 Å². The highest BCUT2D eigenvalue weighted by Crippen LogP contribution is 2.41. The van der Waals surface area contributed by atoms with Gasteiger partial charge in [-0.05, 0) is 41.0 Å². The van der Waals surface area contributed by atoms with Gasteiger partial charge in [0, 0.05) is 6.08 Å². The Bertz CT molecular complexity index is 938. The summed E-state index contributed by atoms with van der Waals surface area (Å²) in [5, 5.41) is 12.0. The molecule has 2 rings (SSSR count). The molecule has 2 aromatic rings. The van der Waals surface area contributed by atoms with Crippen LogP contribution in [0.1, 0.15) is 11.1 Å². The second-order valence-corrected chi connectivity index (χ2v) is 5.77. The van der Waals surface area contributed by atoms with Crippen molar-refractivity contribution < 1.29 is 23.7 Å². The summed E-state index contributed by atoms with van der Waals surface area (Å²) in [5.41, 5.74) is 7.77. The molecule has 8 heteroatoms. The van der Waals surface area contributed by atoms with Gasteiger partial charge in [0.05, 0.1) is 46.7 Å². The Balaban J connectivity index is 2.64. The van der Waals surface area contributed by atoms with Crippen LogP contribution in [-0.4, -0.2) is 40.9 Å². The number of benzene rings is 2. The van der Waals surface area contributed by atoms with Crippen LogP contribution in [0.25, 0.3) is 5.57 Å². The lowest BCUT2D eigenvalue weighted by Crippen LogP contribution is -2.22. The highest BCUT2D eigenvalue weighted by molar-refractivity contribution is 5.95. The van der Waals surface area contributed by atoms with E-state index in [0.29, 0.717) is 45.4 Å². The molecule has 0 atom stereocenters. The van der Waals surface area contributed by atoms with Gasteiger partial charge in [-0.25, -0.2) is 0 Å². The van der Waals surface area contributed by atoms with Crippen LogP contribution in [0, 0.1) is 11.3 Å². The van der Waals surface area contributed by atoms with E-state index < -0.39 is 0 Å². The summed E-state index contributed by atoms with van der Waals surface area (Å²) in [6.45, 7) is -0.166. The summed E-state index contributed by atoms with van der Waals surface area (Å²) < 4.78 is 21.5. The Morgan fingerprint density at radius 1 is 1.00 bits per heavy atom. The number of nitrogens with one attached hydrogen (secondary N) is 1. The molecule has 29 heavy (non-hydrogen) atoms. The molecular weight excluding hydrogens is 374 g/mol. The Kier molecular flexibility index (Phi) is 7.46. The van der Waals surface area contributed by atoms with Gasteiger partial charge in [0.25, 0.3) is 0 Å². The smallest absolute Gasteiger partial charge is 0.238 e. The molecule has 0 unspecified atom stereocenters. The van der Waals surface area contributed by atoms with Crippen LogP contribution in [0.2, 0.25) is 0 Å². The quantitative estimate of drug-likeness (QED) is 0.658. The van der Waals surface area contributed by atoms with Gasteiger partial charge in [-0.15, -0.1) is 0 Å². The number of hydrogen-bond acceptors (Lipinski definition) is 7. The molecule has 0 saturated heterocycles. The van der Waals surface area contributed by atoms with Crippen LogP contribution in [-0.2, 0) is 4.79 Å². The SMILES string of the molecule is COc1ccc(C(=CC#N)c2cc(OC)c(OC)c(OC)c2)cc1NC(=O)CN. The van der Waals surface area contributed by atoms with Gasteiger partial charge in [-0.1, -0.05) is 6.07 Å². The van der Waals surface area contributed by atoms with E-state index in [-0.39, 0.29) is 12.5 Å². The average molecular weight is 397 g/mol. The summed E-state index contributed by atoms with van der Waals surface area (Å²) in [7, 11) is 6.05. The first-order valence-electron chi connectivity index (χ1n) is 8.61. The molecular formula is C21H23N3O5. The predicted molar refractivity (Wildman–Crippen MR) is 109 cm³/mol. The van der Waals surface area contributed by atoms with E-state index in [0.717, 1.165) is 0 Å². The number of allylic oxidation sites excluding steroid dienone is 1. The Morgan fingerprint density at radius 3 is 2.10 bits per heavy atom. The highest BCUT2D eigenvalue weighted by Gasteiger charge is 2.17. The Morgan fingerprint density at radius 2 is 1.62 bits per heavy atom. The molecule has 152 valence electrons. The first-order valence-corrected chi connectivity index (χ1v) is 8.61. The minimum Gasteiger partial charge on any atom is -0.495 e. The lowest BCUT2D eigenvalue weighted by Gasteiger charge is -2.17. The molecule has 0 bridgehead atoms. The number of carbonyl (C=O) groups excluding carboxylic acids is 1. The number of amides is 1. The Labute approximate surface area is 169 Å². The topological polar surface area (TPSA) is 116 Å². The maximum Gasteiger partial charge on any atom is 0.238 e. The van der Waals surface area contributed by atoms with Crippen LogP contribution in [0.3, 0.4) is 0 Å². The molecule has 0 aliphatic heterocycles. The number of nitrogens with two attached hydrogens (primary N) is 1. The van der Waals surface area contributed by atoms with E-state index in [1.54, 1.807) is 30.3 Å². The van der Waals surface area contributed by atoms with Crippen LogP contribution in [0.5, 0.6) is 23.0 Å². The van der Waals surface area contributed by atoms with Crippen molar-refractivity contribution in [2.75, 3.05) is 40.3 Å². The standard InChI is InChI=1S/C21H23N3O5/c1-26-17-6-5-13(9-16(17)24-20(25)12-23)15(7-8-22)14-10-18(27-2)21(29-4)19(11-14)28-3/h5-7,9-11H,12,23H2,1-4H3,(H,24,25). The first-order chi connectivity index (χ1) is 14.0. The van der Waals surface area contributed by atoms with Crippen molar-refractivity contribution >= 4 is 17.2 Å². The zero-order valence-corrected chi connectivity index (χ0v) is 16.7. The highest BCUT2D eigenvalue weighted by atomic mass is 16.5. The summed E-state index contributed by atoms with van der Waals surface area (Å²) in [5.74, 6) is 1.46. The van der Waals surface area contributed by atoms with Crippen molar-refractivity contribution in [2.24, 2.45) is 5.73 Å². The van der Waals surface area contributed by atoms with Gasteiger partial charge in [0.2, 0.25) is 11.7 Å². The fourth-order valence-electron chi connectivity index (χ4n) is 2.81.